The van der Waals surface area contributed by atoms with Gasteiger partial charge in [0.15, 0.2) is 11.5 Å². The van der Waals surface area contributed by atoms with Gasteiger partial charge in [0, 0.05) is 5.69 Å². The van der Waals surface area contributed by atoms with Gasteiger partial charge in [0.05, 0.1) is 7.11 Å². The third-order valence-electron chi connectivity index (χ3n) is 4.00. The maximum atomic E-state index is 12.6. The first kappa shape index (κ1) is 20.9. The van der Waals surface area contributed by atoms with Crippen molar-refractivity contribution in [2.24, 2.45) is 0 Å². The van der Waals surface area contributed by atoms with Gasteiger partial charge in [-0.25, -0.2) is 0 Å². The van der Waals surface area contributed by atoms with Crippen molar-refractivity contribution >= 4 is 17.7 Å². The fourth-order valence-corrected chi connectivity index (χ4v) is 2.84. The maximum Gasteiger partial charge on any atom is 0.387 e. The van der Waals surface area contributed by atoms with E-state index in [1.165, 1.54) is 31.4 Å². The van der Waals surface area contributed by atoms with Crippen LogP contribution in [0.1, 0.15) is 22.3 Å². The third kappa shape index (κ3) is 5.07. The summed E-state index contributed by atoms with van der Waals surface area (Å²) in [5, 5.41) is 12.1. The highest BCUT2D eigenvalue weighted by molar-refractivity contribution is 6.10. The van der Waals surface area contributed by atoms with Gasteiger partial charge in [-0.1, -0.05) is 23.8 Å². The van der Waals surface area contributed by atoms with Crippen molar-refractivity contribution in [1.29, 1.82) is 5.26 Å². The molecule has 0 radical (unpaired) electrons. The smallest absolute Gasteiger partial charge is 0.387 e. The number of carbonyl (C=O) groups excluding carboxylic acids is 1. The number of nitriles is 1. The minimum Gasteiger partial charge on any atom is -0.493 e. The zero-order valence-electron chi connectivity index (χ0n) is 16.0. The molecule has 2 rings (SSSR count). The highest BCUT2D eigenvalue weighted by atomic mass is 19.3. The number of hydrogen-bond donors (Lipinski definition) is 1. The van der Waals surface area contributed by atoms with E-state index >= 15 is 0 Å². The summed E-state index contributed by atoms with van der Waals surface area (Å²) in [6.45, 7) is 2.65. The molecule has 0 fully saturated rings. The second-order valence-electron chi connectivity index (χ2n) is 6.19. The minimum atomic E-state index is -3.03. The Labute approximate surface area is 162 Å². The van der Waals surface area contributed by atoms with E-state index in [2.05, 4.69) is 10.1 Å². The SMILES string of the molecule is COc1ccc(/C=C(\C#N)C(=O)Nc2c(C)cc(C)cc2C)cc1OC(F)F. The van der Waals surface area contributed by atoms with Crippen molar-refractivity contribution < 1.29 is 23.0 Å². The summed E-state index contributed by atoms with van der Waals surface area (Å²) in [6.07, 6.45) is 1.30. The number of nitrogens with one attached hydrogen (secondary N) is 1. The van der Waals surface area contributed by atoms with E-state index in [-0.39, 0.29) is 17.1 Å². The zero-order chi connectivity index (χ0) is 20.8. The number of amides is 1. The summed E-state index contributed by atoms with van der Waals surface area (Å²) in [6, 6.07) is 9.92. The number of alkyl halides is 2. The van der Waals surface area contributed by atoms with Gasteiger partial charge in [-0.2, -0.15) is 14.0 Å². The van der Waals surface area contributed by atoms with E-state index in [9.17, 15) is 18.8 Å². The third-order valence-corrected chi connectivity index (χ3v) is 4.00. The number of methoxy groups -OCH3 is 1. The van der Waals surface area contributed by atoms with Crippen molar-refractivity contribution in [3.63, 3.8) is 0 Å². The molecule has 0 aliphatic carbocycles. The Morgan fingerprint density at radius 1 is 1.14 bits per heavy atom. The molecule has 5 nitrogen and oxygen atoms in total. The summed E-state index contributed by atoms with van der Waals surface area (Å²) in [4.78, 5) is 12.5. The normalized spacial score (nSPS) is 11.1. The number of carbonyl (C=O) groups is 1. The van der Waals surface area contributed by atoms with Crippen LogP contribution in [0.15, 0.2) is 35.9 Å². The first-order valence-electron chi connectivity index (χ1n) is 8.39. The van der Waals surface area contributed by atoms with E-state index < -0.39 is 12.5 Å². The number of nitrogens with zero attached hydrogens (tertiary/aromatic N) is 1. The molecule has 0 aliphatic heterocycles. The molecule has 0 aliphatic rings. The van der Waals surface area contributed by atoms with Crippen LogP contribution >= 0.6 is 0 Å². The molecule has 7 heteroatoms. The Morgan fingerprint density at radius 3 is 2.32 bits per heavy atom. The van der Waals surface area contributed by atoms with Crippen LogP contribution in [0.2, 0.25) is 0 Å². The standard InChI is InChI=1S/C21H20F2N2O3/c1-12-7-13(2)19(14(3)8-12)25-20(26)16(11-24)9-15-5-6-17(27-4)18(10-15)28-21(22)23/h5-10,21H,1-4H3,(H,25,26)/b16-9+. The van der Waals surface area contributed by atoms with Crippen molar-refractivity contribution in [2.45, 2.75) is 27.4 Å². The molecule has 0 unspecified atom stereocenters. The maximum absolute atomic E-state index is 12.6. The lowest BCUT2D eigenvalue weighted by Crippen LogP contribution is -2.15. The molecular weight excluding hydrogens is 366 g/mol. The van der Waals surface area contributed by atoms with Crippen LogP contribution < -0.4 is 14.8 Å². The first-order valence-corrected chi connectivity index (χ1v) is 8.39. The fourth-order valence-electron chi connectivity index (χ4n) is 2.84. The van der Waals surface area contributed by atoms with E-state index in [0.717, 1.165) is 16.7 Å². The van der Waals surface area contributed by atoms with E-state index in [4.69, 9.17) is 4.74 Å². The predicted molar refractivity (Wildman–Crippen MR) is 102 cm³/mol. The second-order valence-corrected chi connectivity index (χ2v) is 6.19. The highest BCUT2D eigenvalue weighted by Crippen LogP contribution is 2.30. The molecule has 0 atom stereocenters. The molecule has 0 saturated carbocycles. The van der Waals surface area contributed by atoms with E-state index in [1.54, 1.807) is 0 Å². The summed E-state index contributed by atoms with van der Waals surface area (Å²) < 4.78 is 34.5. The van der Waals surface area contributed by atoms with Crippen LogP contribution in [-0.4, -0.2) is 19.6 Å². The lowest BCUT2D eigenvalue weighted by atomic mass is 10.0. The number of anilines is 1. The van der Waals surface area contributed by atoms with Gasteiger partial charge >= 0.3 is 6.61 Å². The minimum absolute atomic E-state index is 0.117. The molecule has 1 amide bonds. The molecule has 0 saturated heterocycles. The van der Waals surface area contributed by atoms with Crippen molar-refractivity contribution in [2.75, 3.05) is 12.4 Å². The Bertz CT molecular complexity index is 940. The molecule has 2 aromatic rings. The summed E-state index contributed by atoms with van der Waals surface area (Å²) in [7, 11) is 1.32. The lowest BCUT2D eigenvalue weighted by molar-refractivity contribution is -0.112. The second kappa shape index (κ2) is 9.00. The van der Waals surface area contributed by atoms with Gasteiger partial charge < -0.3 is 14.8 Å². The monoisotopic (exact) mass is 386 g/mol. The molecule has 28 heavy (non-hydrogen) atoms. The molecule has 0 bridgehead atoms. The summed E-state index contributed by atoms with van der Waals surface area (Å²) in [5.74, 6) is -0.662. The first-order chi connectivity index (χ1) is 13.2. The molecule has 0 spiro atoms. The summed E-state index contributed by atoms with van der Waals surface area (Å²) >= 11 is 0. The average molecular weight is 386 g/mol. The average Bonchev–Trinajstić information content (AvgIpc) is 2.62. The number of ether oxygens (including phenoxy) is 2. The van der Waals surface area contributed by atoms with Crippen LogP contribution in [0.25, 0.3) is 6.08 Å². The van der Waals surface area contributed by atoms with E-state index in [1.807, 2.05) is 39.0 Å². The van der Waals surface area contributed by atoms with Gasteiger partial charge in [-0.05, 0) is 55.7 Å². The number of halogens is 2. The number of hydrogen-bond acceptors (Lipinski definition) is 4. The predicted octanol–water partition coefficient (Wildman–Crippen LogP) is 4.77. The lowest BCUT2D eigenvalue weighted by Gasteiger charge is -2.13. The highest BCUT2D eigenvalue weighted by Gasteiger charge is 2.15. The molecule has 2 aromatic carbocycles. The molecule has 146 valence electrons. The van der Waals surface area contributed by atoms with Gasteiger partial charge in [0.25, 0.3) is 5.91 Å². The Kier molecular flexibility index (Phi) is 6.72. The van der Waals surface area contributed by atoms with Gasteiger partial charge in [0.1, 0.15) is 11.6 Å². The van der Waals surface area contributed by atoms with Gasteiger partial charge in [0.2, 0.25) is 0 Å². The largest absolute Gasteiger partial charge is 0.493 e. The van der Waals surface area contributed by atoms with Gasteiger partial charge in [-0.15, -0.1) is 0 Å². The topological polar surface area (TPSA) is 71.3 Å². The fraction of sp³-hybridized carbons (Fsp3) is 0.238. The molecule has 1 N–H and O–H groups in total. The number of aryl methyl sites for hydroxylation is 3. The molecule has 0 heterocycles. The van der Waals surface area contributed by atoms with Gasteiger partial charge in [-0.3, -0.25) is 4.79 Å². The van der Waals surface area contributed by atoms with Crippen LogP contribution in [0, 0.1) is 32.1 Å². The molecule has 0 aromatic heterocycles. The van der Waals surface area contributed by atoms with Crippen LogP contribution in [0.3, 0.4) is 0 Å². The van der Waals surface area contributed by atoms with Crippen LogP contribution in [0.4, 0.5) is 14.5 Å². The quantitative estimate of drug-likeness (QED) is 0.574. The van der Waals surface area contributed by atoms with Crippen LogP contribution in [-0.2, 0) is 4.79 Å². The van der Waals surface area contributed by atoms with Crippen molar-refractivity contribution in [3.05, 3.63) is 58.2 Å². The Balaban J connectivity index is 2.33. The number of rotatable bonds is 6. The number of benzene rings is 2. The zero-order valence-corrected chi connectivity index (χ0v) is 16.0. The Hall–Kier alpha value is -3.40. The molecular formula is C21H20F2N2O3. The van der Waals surface area contributed by atoms with Crippen molar-refractivity contribution in [3.8, 4) is 17.6 Å². The van der Waals surface area contributed by atoms with Crippen LogP contribution in [0.5, 0.6) is 11.5 Å². The van der Waals surface area contributed by atoms with E-state index in [0.29, 0.717) is 11.3 Å². The summed E-state index contributed by atoms with van der Waals surface area (Å²) in [5.41, 5.74) is 3.62. The Morgan fingerprint density at radius 2 is 1.79 bits per heavy atom. The van der Waals surface area contributed by atoms with Crippen molar-refractivity contribution in [1.82, 2.24) is 0 Å².